The van der Waals surface area contributed by atoms with Crippen LogP contribution in [0.4, 0.5) is 0 Å². The van der Waals surface area contributed by atoms with Crippen LogP contribution in [0, 0.1) is 17.8 Å². The number of unbranched alkanes of at least 4 members (excludes halogenated alkanes) is 35. The van der Waals surface area contributed by atoms with Crippen LogP contribution in [-0.2, 0) is 28.6 Å². The molecule has 0 aliphatic carbocycles. The zero-order valence-electron chi connectivity index (χ0n) is 45.5. The number of ether oxygens (including phenoxy) is 3. The number of esters is 3. The molecule has 2 atom stereocenters. The topological polar surface area (TPSA) is 78.9 Å². The summed E-state index contributed by atoms with van der Waals surface area (Å²) in [6, 6.07) is 0. The largest absolute Gasteiger partial charge is 0.462 e. The summed E-state index contributed by atoms with van der Waals surface area (Å²) in [7, 11) is 0. The summed E-state index contributed by atoms with van der Waals surface area (Å²) in [6.45, 7) is 13.8. The minimum Gasteiger partial charge on any atom is -0.462 e. The Balaban J connectivity index is 4.30. The van der Waals surface area contributed by atoms with Gasteiger partial charge in [0, 0.05) is 19.3 Å². The van der Waals surface area contributed by atoms with Gasteiger partial charge in [-0.15, -0.1) is 0 Å². The molecule has 0 heterocycles. The molecule has 0 saturated heterocycles. The van der Waals surface area contributed by atoms with Gasteiger partial charge in [0.15, 0.2) is 6.10 Å². The second-order valence-corrected chi connectivity index (χ2v) is 21.8. The number of carbonyl (C=O) groups excluding carboxylic acids is 3. The molecule has 66 heavy (non-hydrogen) atoms. The van der Waals surface area contributed by atoms with Gasteiger partial charge in [-0.3, -0.25) is 14.4 Å². The number of rotatable bonds is 53. The standard InChI is InChI=1S/C60H116O6/c1-7-56(6)48-42-36-30-24-18-10-8-9-11-19-25-31-37-43-49-58(61)64-52-57(66-60(63)51-45-39-33-27-21-15-13-17-23-29-35-41-47-55(4)5)53-65-59(62)50-44-38-32-26-20-14-12-16-22-28-34-40-46-54(2)3/h54-57H,7-53H2,1-6H3/t56?,57-/m1/s1. The third-order valence-corrected chi connectivity index (χ3v) is 14.0. The van der Waals surface area contributed by atoms with Crippen molar-refractivity contribution in [2.24, 2.45) is 17.8 Å². The van der Waals surface area contributed by atoms with Crippen molar-refractivity contribution in [3.8, 4) is 0 Å². The van der Waals surface area contributed by atoms with Gasteiger partial charge < -0.3 is 14.2 Å². The van der Waals surface area contributed by atoms with Crippen molar-refractivity contribution in [1.29, 1.82) is 0 Å². The van der Waals surface area contributed by atoms with Gasteiger partial charge in [0.25, 0.3) is 0 Å². The van der Waals surface area contributed by atoms with E-state index in [4.69, 9.17) is 14.2 Å². The fourth-order valence-corrected chi connectivity index (χ4v) is 9.14. The highest BCUT2D eigenvalue weighted by Gasteiger charge is 2.19. The van der Waals surface area contributed by atoms with Crippen molar-refractivity contribution in [2.75, 3.05) is 13.2 Å². The van der Waals surface area contributed by atoms with Crippen molar-refractivity contribution in [3.05, 3.63) is 0 Å². The van der Waals surface area contributed by atoms with Crippen LogP contribution in [0.5, 0.6) is 0 Å². The van der Waals surface area contributed by atoms with Crippen LogP contribution in [0.3, 0.4) is 0 Å². The molecule has 392 valence electrons. The number of hydrogen-bond donors (Lipinski definition) is 0. The van der Waals surface area contributed by atoms with Gasteiger partial charge in [-0.05, 0) is 37.0 Å². The summed E-state index contributed by atoms with van der Waals surface area (Å²) < 4.78 is 16.9. The zero-order valence-corrected chi connectivity index (χ0v) is 45.5. The predicted molar refractivity (Wildman–Crippen MR) is 284 cm³/mol. The molecule has 6 nitrogen and oxygen atoms in total. The molecule has 1 unspecified atom stereocenters. The molecule has 0 aliphatic rings. The third kappa shape index (κ3) is 51.8. The van der Waals surface area contributed by atoms with E-state index in [-0.39, 0.29) is 31.1 Å². The lowest BCUT2D eigenvalue weighted by molar-refractivity contribution is -0.167. The van der Waals surface area contributed by atoms with Crippen LogP contribution < -0.4 is 0 Å². The summed E-state index contributed by atoms with van der Waals surface area (Å²) in [5.74, 6) is 1.72. The minimum absolute atomic E-state index is 0.0633. The van der Waals surface area contributed by atoms with Crippen LogP contribution in [0.1, 0.15) is 330 Å². The van der Waals surface area contributed by atoms with Gasteiger partial charge in [-0.1, -0.05) is 292 Å². The van der Waals surface area contributed by atoms with Crippen molar-refractivity contribution in [2.45, 2.75) is 337 Å². The van der Waals surface area contributed by atoms with E-state index in [1.165, 1.54) is 212 Å². The monoisotopic (exact) mass is 933 g/mol. The molecule has 0 aromatic heterocycles. The van der Waals surface area contributed by atoms with E-state index < -0.39 is 6.10 Å². The van der Waals surface area contributed by atoms with Gasteiger partial charge in [0.05, 0.1) is 0 Å². The number of carbonyl (C=O) groups is 3. The Morgan fingerprint density at radius 1 is 0.303 bits per heavy atom. The first-order valence-electron chi connectivity index (χ1n) is 29.6. The Hall–Kier alpha value is -1.59. The van der Waals surface area contributed by atoms with E-state index in [0.29, 0.717) is 19.3 Å². The summed E-state index contributed by atoms with van der Waals surface area (Å²) >= 11 is 0. The molecule has 0 amide bonds. The fourth-order valence-electron chi connectivity index (χ4n) is 9.14. The van der Waals surface area contributed by atoms with E-state index in [0.717, 1.165) is 75.5 Å². The molecule has 0 saturated carbocycles. The second-order valence-electron chi connectivity index (χ2n) is 21.8. The first-order valence-corrected chi connectivity index (χ1v) is 29.6. The van der Waals surface area contributed by atoms with Crippen LogP contribution in [0.25, 0.3) is 0 Å². The smallest absolute Gasteiger partial charge is 0.306 e. The molecule has 0 spiro atoms. The summed E-state index contributed by atoms with van der Waals surface area (Å²) in [6.07, 6.45) is 53.7. The van der Waals surface area contributed by atoms with Crippen molar-refractivity contribution in [1.82, 2.24) is 0 Å². The molecule has 0 radical (unpaired) electrons. The molecule has 0 N–H and O–H groups in total. The Morgan fingerprint density at radius 3 is 0.788 bits per heavy atom. The number of hydrogen-bond acceptors (Lipinski definition) is 6. The van der Waals surface area contributed by atoms with Crippen molar-refractivity contribution < 1.29 is 28.6 Å². The molecule has 0 aromatic carbocycles. The maximum Gasteiger partial charge on any atom is 0.306 e. The molecular formula is C60H116O6. The van der Waals surface area contributed by atoms with Crippen LogP contribution >= 0.6 is 0 Å². The lowest BCUT2D eigenvalue weighted by Gasteiger charge is -2.18. The van der Waals surface area contributed by atoms with E-state index in [1.807, 2.05) is 0 Å². The maximum absolute atomic E-state index is 12.9. The molecule has 0 rings (SSSR count). The predicted octanol–water partition coefficient (Wildman–Crippen LogP) is 19.5. The van der Waals surface area contributed by atoms with Crippen molar-refractivity contribution >= 4 is 17.9 Å². The van der Waals surface area contributed by atoms with Crippen molar-refractivity contribution in [3.63, 3.8) is 0 Å². The molecule has 0 aliphatic heterocycles. The highest BCUT2D eigenvalue weighted by Crippen LogP contribution is 2.19. The molecule has 0 bridgehead atoms. The van der Waals surface area contributed by atoms with Crippen LogP contribution in [0.2, 0.25) is 0 Å². The van der Waals surface area contributed by atoms with E-state index in [9.17, 15) is 14.4 Å². The molecular weight excluding hydrogens is 817 g/mol. The Morgan fingerprint density at radius 2 is 0.530 bits per heavy atom. The average Bonchev–Trinajstić information content (AvgIpc) is 3.29. The van der Waals surface area contributed by atoms with Crippen LogP contribution in [0.15, 0.2) is 0 Å². The van der Waals surface area contributed by atoms with E-state index in [1.54, 1.807) is 0 Å². The maximum atomic E-state index is 12.9. The normalized spacial score (nSPS) is 12.5. The SMILES string of the molecule is CCC(C)CCCCCCCCCCCCCCCCC(=O)OC[C@H](COC(=O)CCCCCCCCCCCCCCC(C)C)OC(=O)CCCCCCCCCCCCCCC(C)C. The lowest BCUT2D eigenvalue weighted by atomic mass is 9.99. The van der Waals surface area contributed by atoms with Gasteiger partial charge in [-0.25, -0.2) is 0 Å². The summed E-state index contributed by atoms with van der Waals surface area (Å²) in [5.41, 5.74) is 0. The van der Waals surface area contributed by atoms with Gasteiger partial charge in [-0.2, -0.15) is 0 Å². The van der Waals surface area contributed by atoms with E-state index >= 15 is 0 Å². The van der Waals surface area contributed by atoms with Gasteiger partial charge >= 0.3 is 17.9 Å². The molecule has 0 aromatic rings. The fraction of sp³-hybridized carbons (Fsp3) is 0.950. The second kappa shape index (κ2) is 51.3. The van der Waals surface area contributed by atoms with Gasteiger partial charge in [0.2, 0.25) is 0 Å². The first-order chi connectivity index (χ1) is 32.1. The Labute approximate surface area is 412 Å². The van der Waals surface area contributed by atoms with E-state index in [2.05, 4.69) is 41.5 Å². The minimum atomic E-state index is -0.764. The quantitative estimate of drug-likeness (QED) is 0.0343. The summed E-state index contributed by atoms with van der Waals surface area (Å²) in [4.78, 5) is 38.2. The zero-order chi connectivity index (χ0) is 48.4. The lowest BCUT2D eigenvalue weighted by Crippen LogP contribution is -2.30. The highest BCUT2D eigenvalue weighted by atomic mass is 16.6. The highest BCUT2D eigenvalue weighted by molar-refractivity contribution is 5.71. The Kier molecular flexibility index (Phi) is 50.0. The molecule has 6 heteroatoms. The average molecular weight is 934 g/mol. The molecule has 0 fully saturated rings. The summed E-state index contributed by atoms with van der Waals surface area (Å²) in [5, 5.41) is 0. The first kappa shape index (κ1) is 64.4. The Bertz CT molecular complexity index is 1020. The van der Waals surface area contributed by atoms with Gasteiger partial charge in [0.1, 0.15) is 13.2 Å². The van der Waals surface area contributed by atoms with Crippen LogP contribution in [-0.4, -0.2) is 37.2 Å². The third-order valence-electron chi connectivity index (χ3n) is 14.0.